The predicted octanol–water partition coefficient (Wildman–Crippen LogP) is 2.79. The number of piperidine rings is 1. The minimum atomic E-state index is -0.665. The Morgan fingerprint density at radius 2 is 1.94 bits per heavy atom. The number of hydrogen-bond donors (Lipinski definition) is 1. The van der Waals surface area contributed by atoms with Gasteiger partial charge in [0.2, 0.25) is 0 Å². The molecular formula is C14H27NO3. The zero-order valence-corrected chi connectivity index (χ0v) is 12.3. The molecule has 0 aromatic carbocycles. The first kappa shape index (κ1) is 15.3. The van der Waals surface area contributed by atoms with E-state index in [1.807, 2.05) is 34.6 Å². The molecule has 0 saturated carbocycles. The average Bonchev–Trinajstić information content (AvgIpc) is 2.12. The Balaban J connectivity index is 2.51. The van der Waals surface area contributed by atoms with Crippen LogP contribution >= 0.6 is 0 Å². The molecule has 1 unspecified atom stereocenters. The van der Waals surface area contributed by atoms with Crippen molar-refractivity contribution in [3.8, 4) is 0 Å². The molecule has 4 heteroatoms. The lowest BCUT2D eigenvalue weighted by molar-refractivity contribution is 0.00387. The lowest BCUT2D eigenvalue weighted by Gasteiger charge is -2.36. The monoisotopic (exact) mass is 257 g/mol. The molecule has 1 aliphatic heterocycles. The fourth-order valence-corrected chi connectivity index (χ4v) is 2.43. The van der Waals surface area contributed by atoms with Crippen molar-refractivity contribution in [1.82, 2.24) is 4.90 Å². The van der Waals surface area contributed by atoms with Gasteiger partial charge in [0.1, 0.15) is 5.60 Å². The highest BCUT2D eigenvalue weighted by Crippen LogP contribution is 2.26. The van der Waals surface area contributed by atoms with E-state index in [9.17, 15) is 9.90 Å². The standard InChI is InChI=1S/C14H27NO3/c1-13(2,3)18-12(16)15-8-6-7-11(10-15)9-14(4,5)17/h11,17H,6-10H2,1-5H3. The quantitative estimate of drug-likeness (QED) is 0.827. The molecule has 1 aliphatic rings. The molecule has 0 spiro atoms. The molecule has 1 saturated heterocycles. The van der Waals surface area contributed by atoms with Crippen LogP contribution in [-0.4, -0.2) is 40.4 Å². The molecule has 0 aromatic rings. The Labute approximate surface area is 110 Å². The topological polar surface area (TPSA) is 49.8 Å². The maximum absolute atomic E-state index is 12.0. The summed E-state index contributed by atoms with van der Waals surface area (Å²) in [6, 6.07) is 0. The average molecular weight is 257 g/mol. The normalized spacial score (nSPS) is 21.9. The van der Waals surface area contributed by atoms with Gasteiger partial charge >= 0.3 is 6.09 Å². The molecule has 1 atom stereocenters. The molecule has 1 rings (SSSR count). The SMILES string of the molecule is CC(C)(O)CC1CCCN(C(=O)OC(C)(C)C)C1. The third-order valence-electron chi connectivity index (χ3n) is 2.96. The summed E-state index contributed by atoms with van der Waals surface area (Å²) in [7, 11) is 0. The van der Waals surface area contributed by atoms with Gasteiger partial charge in [0.15, 0.2) is 0 Å². The van der Waals surface area contributed by atoms with Crippen molar-refractivity contribution in [1.29, 1.82) is 0 Å². The maximum atomic E-state index is 12.0. The Hall–Kier alpha value is -0.770. The zero-order valence-electron chi connectivity index (χ0n) is 12.3. The molecule has 0 aliphatic carbocycles. The summed E-state index contributed by atoms with van der Waals surface area (Å²) >= 11 is 0. The molecule has 0 aromatic heterocycles. The van der Waals surface area contributed by atoms with Gasteiger partial charge in [-0.2, -0.15) is 0 Å². The smallest absolute Gasteiger partial charge is 0.410 e. The largest absolute Gasteiger partial charge is 0.444 e. The van der Waals surface area contributed by atoms with Crippen molar-refractivity contribution in [2.75, 3.05) is 13.1 Å². The number of amides is 1. The van der Waals surface area contributed by atoms with Crippen molar-refractivity contribution in [3.05, 3.63) is 0 Å². The van der Waals surface area contributed by atoms with Crippen molar-refractivity contribution < 1.29 is 14.6 Å². The van der Waals surface area contributed by atoms with Crippen molar-refractivity contribution in [3.63, 3.8) is 0 Å². The lowest BCUT2D eigenvalue weighted by atomic mass is 9.87. The van der Waals surface area contributed by atoms with Gasteiger partial charge in [-0.1, -0.05) is 0 Å². The number of carbonyl (C=O) groups excluding carboxylic acids is 1. The maximum Gasteiger partial charge on any atom is 0.410 e. The molecule has 106 valence electrons. The van der Waals surface area contributed by atoms with Crippen LogP contribution in [0.15, 0.2) is 0 Å². The van der Waals surface area contributed by atoms with Crippen molar-refractivity contribution in [2.45, 2.75) is 65.1 Å². The van der Waals surface area contributed by atoms with E-state index in [2.05, 4.69) is 0 Å². The van der Waals surface area contributed by atoms with E-state index in [-0.39, 0.29) is 6.09 Å². The van der Waals surface area contributed by atoms with E-state index in [0.717, 1.165) is 25.8 Å². The second-order valence-electron chi connectivity index (χ2n) is 6.95. The lowest BCUT2D eigenvalue weighted by Crippen LogP contribution is -2.44. The highest BCUT2D eigenvalue weighted by atomic mass is 16.6. The molecule has 18 heavy (non-hydrogen) atoms. The first-order valence-electron chi connectivity index (χ1n) is 6.77. The van der Waals surface area contributed by atoms with Crippen molar-refractivity contribution in [2.24, 2.45) is 5.92 Å². The number of rotatable bonds is 2. The highest BCUT2D eigenvalue weighted by molar-refractivity contribution is 5.68. The Morgan fingerprint density at radius 1 is 1.33 bits per heavy atom. The van der Waals surface area contributed by atoms with Crippen LogP contribution in [0, 0.1) is 5.92 Å². The van der Waals surface area contributed by atoms with Crippen LogP contribution in [0.1, 0.15) is 53.9 Å². The third kappa shape index (κ3) is 5.71. The fourth-order valence-electron chi connectivity index (χ4n) is 2.43. The number of likely N-dealkylation sites (tertiary alicyclic amines) is 1. The molecule has 0 radical (unpaired) electrons. The summed E-state index contributed by atoms with van der Waals surface area (Å²) in [5, 5.41) is 9.85. The van der Waals surface area contributed by atoms with Crippen LogP contribution in [0.3, 0.4) is 0 Å². The van der Waals surface area contributed by atoms with Crippen LogP contribution in [0.5, 0.6) is 0 Å². The molecule has 1 fully saturated rings. The first-order chi connectivity index (χ1) is 8.07. The van der Waals surface area contributed by atoms with Gasteiger partial charge < -0.3 is 14.7 Å². The highest BCUT2D eigenvalue weighted by Gasteiger charge is 2.30. The van der Waals surface area contributed by atoms with Crippen LogP contribution < -0.4 is 0 Å². The summed E-state index contributed by atoms with van der Waals surface area (Å²) in [6.07, 6.45) is 2.55. The van der Waals surface area contributed by atoms with Gasteiger partial charge in [0.25, 0.3) is 0 Å². The number of nitrogens with zero attached hydrogens (tertiary/aromatic N) is 1. The van der Waals surface area contributed by atoms with Crippen LogP contribution in [-0.2, 0) is 4.74 Å². The van der Waals surface area contributed by atoms with Crippen LogP contribution in [0.25, 0.3) is 0 Å². The van der Waals surface area contributed by atoms with E-state index >= 15 is 0 Å². The summed E-state index contributed by atoms with van der Waals surface area (Å²) in [4.78, 5) is 13.7. The van der Waals surface area contributed by atoms with Gasteiger partial charge in [0, 0.05) is 13.1 Å². The first-order valence-corrected chi connectivity index (χ1v) is 6.77. The number of ether oxygens (including phenoxy) is 1. The number of carbonyl (C=O) groups is 1. The van der Waals surface area contributed by atoms with Gasteiger partial charge in [-0.05, 0) is 59.8 Å². The van der Waals surface area contributed by atoms with Crippen LogP contribution in [0.4, 0.5) is 4.79 Å². The predicted molar refractivity (Wildman–Crippen MR) is 71.4 cm³/mol. The minimum Gasteiger partial charge on any atom is -0.444 e. The Morgan fingerprint density at radius 3 is 2.44 bits per heavy atom. The van der Waals surface area contributed by atoms with E-state index < -0.39 is 11.2 Å². The fraction of sp³-hybridized carbons (Fsp3) is 0.929. The summed E-state index contributed by atoms with van der Waals surface area (Å²) < 4.78 is 5.38. The Bertz CT molecular complexity index is 288. The summed E-state index contributed by atoms with van der Waals surface area (Å²) in [6.45, 7) is 10.7. The molecule has 1 heterocycles. The van der Waals surface area contributed by atoms with Crippen molar-refractivity contribution >= 4 is 6.09 Å². The second kappa shape index (κ2) is 5.47. The van der Waals surface area contributed by atoms with E-state index in [4.69, 9.17) is 4.74 Å². The molecule has 1 N–H and O–H groups in total. The second-order valence-corrected chi connectivity index (χ2v) is 6.95. The van der Waals surface area contributed by atoms with E-state index in [0.29, 0.717) is 12.5 Å². The van der Waals surface area contributed by atoms with Gasteiger partial charge in [-0.15, -0.1) is 0 Å². The molecule has 4 nitrogen and oxygen atoms in total. The number of aliphatic hydroxyl groups is 1. The van der Waals surface area contributed by atoms with Gasteiger partial charge in [-0.3, -0.25) is 0 Å². The van der Waals surface area contributed by atoms with Gasteiger partial charge in [0.05, 0.1) is 5.60 Å². The molecule has 1 amide bonds. The Kier molecular flexibility index (Phi) is 4.65. The summed E-state index contributed by atoms with van der Waals surface area (Å²) in [5.41, 5.74) is -1.11. The third-order valence-corrected chi connectivity index (χ3v) is 2.96. The zero-order chi connectivity index (χ0) is 14.0. The summed E-state index contributed by atoms with van der Waals surface area (Å²) in [5.74, 6) is 0.367. The van der Waals surface area contributed by atoms with E-state index in [1.165, 1.54) is 0 Å². The molecule has 0 bridgehead atoms. The van der Waals surface area contributed by atoms with E-state index in [1.54, 1.807) is 4.90 Å². The minimum absolute atomic E-state index is 0.233. The van der Waals surface area contributed by atoms with Crippen LogP contribution in [0.2, 0.25) is 0 Å². The molecular weight excluding hydrogens is 230 g/mol. The van der Waals surface area contributed by atoms with Gasteiger partial charge in [-0.25, -0.2) is 4.79 Å². The number of hydrogen-bond acceptors (Lipinski definition) is 3.